The number of anilines is 2. The van der Waals surface area contributed by atoms with Gasteiger partial charge in [-0.25, -0.2) is 15.0 Å². The fraction of sp³-hybridized carbons (Fsp3) is 0.400. The van der Waals surface area contributed by atoms with Crippen molar-refractivity contribution in [3.63, 3.8) is 0 Å². The first-order chi connectivity index (χ1) is 13.6. The summed E-state index contributed by atoms with van der Waals surface area (Å²) in [7, 11) is 0. The zero-order chi connectivity index (χ0) is 19.5. The van der Waals surface area contributed by atoms with Gasteiger partial charge in [-0.15, -0.1) is 0 Å². The van der Waals surface area contributed by atoms with Gasteiger partial charge in [0, 0.05) is 25.7 Å². The van der Waals surface area contributed by atoms with Gasteiger partial charge in [-0.05, 0) is 31.0 Å². The molecule has 0 amide bonds. The number of fused-ring (bicyclic) bond motifs is 1. The summed E-state index contributed by atoms with van der Waals surface area (Å²) in [5, 5.41) is 0.202. The van der Waals surface area contributed by atoms with Crippen molar-refractivity contribution in [2.24, 2.45) is 0 Å². The Bertz CT molecular complexity index is 946. The van der Waals surface area contributed by atoms with Gasteiger partial charge in [-0.3, -0.25) is 0 Å². The molecule has 0 spiro atoms. The van der Waals surface area contributed by atoms with E-state index < -0.39 is 0 Å². The number of nitrogens with zero attached hydrogens (tertiary/aromatic N) is 6. The van der Waals surface area contributed by atoms with Crippen molar-refractivity contribution in [2.75, 3.05) is 36.1 Å². The number of rotatable bonds is 5. The number of hydrogen-bond acceptors (Lipinski definition) is 7. The van der Waals surface area contributed by atoms with Crippen LogP contribution in [0.4, 0.5) is 11.6 Å². The van der Waals surface area contributed by atoms with Gasteiger partial charge < -0.3 is 14.5 Å². The smallest absolute Gasteiger partial charge is 0.225 e. The number of benzene rings is 1. The molecule has 8 heteroatoms. The molecule has 3 aromatic rings. The maximum Gasteiger partial charge on any atom is 0.225 e. The number of halogens is 1. The lowest BCUT2D eigenvalue weighted by Crippen LogP contribution is -2.37. The van der Waals surface area contributed by atoms with Crippen molar-refractivity contribution in [2.45, 2.75) is 26.4 Å². The van der Waals surface area contributed by atoms with E-state index in [1.54, 1.807) is 6.33 Å². The highest BCUT2D eigenvalue weighted by Crippen LogP contribution is 2.31. The second-order valence-electron chi connectivity index (χ2n) is 7.02. The van der Waals surface area contributed by atoms with Crippen molar-refractivity contribution < 1.29 is 4.74 Å². The monoisotopic (exact) mass is 398 g/mol. The Morgan fingerprint density at radius 1 is 1.07 bits per heavy atom. The molecule has 7 nitrogen and oxygen atoms in total. The molecule has 0 N–H and O–H groups in total. The van der Waals surface area contributed by atoms with E-state index >= 15 is 0 Å². The second-order valence-corrected chi connectivity index (χ2v) is 7.36. The zero-order valence-electron chi connectivity index (χ0n) is 16.0. The standard InChI is InChI=1S/C20H23ClN6O/c1-14(2)27(12-15-6-4-3-5-7-15)18-17-16(22-13-23-18)19(25-20(21)24-17)26-8-10-28-11-9-26/h3-7,13-14H,8-12H2,1-2H3. The molecule has 0 unspecified atom stereocenters. The SMILES string of the molecule is CC(C)N(Cc1ccccc1)c1ncnc2c(N3CCOCC3)nc(Cl)nc12. The van der Waals surface area contributed by atoms with Crippen LogP contribution in [0.25, 0.3) is 11.0 Å². The molecule has 0 atom stereocenters. The molecule has 1 saturated heterocycles. The first-order valence-electron chi connectivity index (χ1n) is 9.45. The number of morpholine rings is 1. The van der Waals surface area contributed by atoms with Gasteiger partial charge in [0.25, 0.3) is 0 Å². The summed E-state index contributed by atoms with van der Waals surface area (Å²) in [6, 6.07) is 10.5. The topological polar surface area (TPSA) is 67.3 Å². The first-order valence-corrected chi connectivity index (χ1v) is 9.83. The van der Waals surface area contributed by atoms with Crippen LogP contribution in [0.15, 0.2) is 36.7 Å². The Balaban J connectivity index is 1.80. The van der Waals surface area contributed by atoms with Crippen LogP contribution in [0, 0.1) is 0 Å². The van der Waals surface area contributed by atoms with Gasteiger partial charge in [-0.1, -0.05) is 30.3 Å². The van der Waals surface area contributed by atoms with Gasteiger partial charge in [0.15, 0.2) is 11.6 Å². The number of hydrogen-bond donors (Lipinski definition) is 0. The summed E-state index contributed by atoms with van der Waals surface area (Å²) >= 11 is 6.31. The first kappa shape index (κ1) is 18.8. The van der Waals surface area contributed by atoms with Crippen molar-refractivity contribution in [1.82, 2.24) is 19.9 Å². The van der Waals surface area contributed by atoms with Gasteiger partial charge in [-0.2, -0.15) is 4.98 Å². The fourth-order valence-electron chi connectivity index (χ4n) is 3.38. The minimum atomic E-state index is 0.202. The third kappa shape index (κ3) is 3.86. The normalized spacial score (nSPS) is 14.6. The summed E-state index contributed by atoms with van der Waals surface area (Å²) < 4.78 is 5.46. The molecular formula is C20H23ClN6O. The van der Waals surface area contributed by atoms with Crippen LogP contribution in [0.2, 0.25) is 5.28 Å². The Kier molecular flexibility index (Phi) is 5.54. The molecule has 1 aromatic carbocycles. The third-order valence-electron chi connectivity index (χ3n) is 4.82. The molecule has 1 aliphatic rings. The maximum absolute atomic E-state index is 6.31. The predicted molar refractivity (Wildman–Crippen MR) is 111 cm³/mol. The van der Waals surface area contributed by atoms with E-state index in [4.69, 9.17) is 16.3 Å². The van der Waals surface area contributed by atoms with E-state index in [-0.39, 0.29) is 11.3 Å². The van der Waals surface area contributed by atoms with Crippen molar-refractivity contribution in [3.8, 4) is 0 Å². The average Bonchev–Trinajstić information content (AvgIpc) is 2.72. The third-order valence-corrected chi connectivity index (χ3v) is 4.99. The van der Waals surface area contributed by atoms with Crippen molar-refractivity contribution >= 4 is 34.3 Å². The summed E-state index contributed by atoms with van der Waals surface area (Å²) in [5.41, 5.74) is 2.60. The van der Waals surface area contributed by atoms with E-state index in [1.807, 2.05) is 18.2 Å². The molecular weight excluding hydrogens is 376 g/mol. The number of ether oxygens (including phenoxy) is 1. The average molecular weight is 399 g/mol. The lowest BCUT2D eigenvalue weighted by Gasteiger charge is -2.30. The highest BCUT2D eigenvalue weighted by molar-refractivity contribution is 6.29. The molecule has 1 aliphatic heterocycles. The Morgan fingerprint density at radius 2 is 1.82 bits per heavy atom. The van der Waals surface area contributed by atoms with E-state index in [0.29, 0.717) is 18.7 Å². The van der Waals surface area contributed by atoms with Crippen LogP contribution in [-0.4, -0.2) is 52.3 Å². The van der Waals surface area contributed by atoms with Crippen LogP contribution in [0.5, 0.6) is 0 Å². The van der Waals surface area contributed by atoms with E-state index in [0.717, 1.165) is 36.8 Å². The summed E-state index contributed by atoms with van der Waals surface area (Å²) in [4.78, 5) is 22.4. The zero-order valence-corrected chi connectivity index (χ0v) is 16.8. The van der Waals surface area contributed by atoms with Crippen LogP contribution in [-0.2, 0) is 11.3 Å². The van der Waals surface area contributed by atoms with Crippen LogP contribution < -0.4 is 9.80 Å². The molecule has 0 bridgehead atoms. The Morgan fingerprint density at radius 3 is 2.54 bits per heavy atom. The largest absolute Gasteiger partial charge is 0.378 e. The summed E-state index contributed by atoms with van der Waals surface area (Å²) in [5.74, 6) is 1.51. The minimum Gasteiger partial charge on any atom is -0.378 e. The van der Waals surface area contributed by atoms with Crippen LogP contribution in [0.1, 0.15) is 19.4 Å². The lowest BCUT2D eigenvalue weighted by atomic mass is 10.2. The molecule has 2 aromatic heterocycles. The lowest BCUT2D eigenvalue weighted by molar-refractivity contribution is 0.122. The quantitative estimate of drug-likeness (QED) is 0.610. The van der Waals surface area contributed by atoms with Crippen molar-refractivity contribution in [1.29, 1.82) is 0 Å². The van der Waals surface area contributed by atoms with Gasteiger partial charge in [0.1, 0.15) is 17.4 Å². The number of aromatic nitrogens is 4. The molecule has 0 saturated carbocycles. The van der Waals surface area contributed by atoms with Crippen molar-refractivity contribution in [3.05, 3.63) is 47.5 Å². The van der Waals surface area contributed by atoms with Gasteiger partial charge in [0.05, 0.1) is 13.2 Å². The highest BCUT2D eigenvalue weighted by atomic mass is 35.5. The maximum atomic E-state index is 6.31. The molecule has 3 heterocycles. The highest BCUT2D eigenvalue weighted by Gasteiger charge is 2.23. The molecule has 28 heavy (non-hydrogen) atoms. The molecule has 0 aliphatic carbocycles. The fourth-order valence-corrected chi connectivity index (χ4v) is 3.55. The Labute approximate surface area is 169 Å². The summed E-state index contributed by atoms with van der Waals surface area (Å²) in [6.45, 7) is 7.82. The van der Waals surface area contributed by atoms with Crippen LogP contribution >= 0.6 is 11.6 Å². The molecule has 1 fully saturated rings. The Hall–Kier alpha value is -2.51. The minimum absolute atomic E-state index is 0.202. The van der Waals surface area contributed by atoms with E-state index in [1.165, 1.54) is 5.56 Å². The molecule has 4 rings (SSSR count). The van der Waals surface area contributed by atoms with Gasteiger partial charge in [0.2, 0.25) is 5.28 Å². The van der Waals surface area contributed by atoms with Crippen LogP contribution in [0.3, 0.4) is 0 Å². The van der Waals surface area contributed by atoms with Gasteiger partial charge >= 0.3 is 0 Å². The molecule has 146 valence electrons. The molecule has 0 radical (unpaired) electrons. The summed E-state index contributed by atoms with van der Waals surface area (Å²) in [6.07, 6.45) is 1.58. The van der Waals surface area contributed by atoms with E-state index in [2.05, 4.69) is 55.7 Å². The van der Waals surface area contributed by atoms with E-state index in [9.17, 15) is 0 Å². The second kappa shape index (κ2) is 8.24. The predicted octanol–water partition coefficient (Wildman–Crippen LogP) is 3.32.